The van der Waals surface area contributed by atoms with Crippen LogP contribution in [0.2, 0.25) is 0 Å². The molecule has 8 rings (SSSR count). The number of rotatable bonds is 10. The van der Waals surface area contributed by atoms with E-state index in [0.29, 0.717) is 63.7 Å². The number of H-pyrrole nitrogens is 1. The zero-order chi connectivity index (χ0) is 55.4. The van der Waals surface area contributed by atoms with Gasteiger partial charge in [-0.3, -0.25) is 14.9 Å². The summed E-state index contributed by atoms with van der Waals surface area (Å²) in [5.41, 5.74) is 1.21. The number of amides is 1. The molecule has 0 unspecified atom stereocenters. The number of ether oxygens (including phenoxy) is 4. The van der Waals surface area contributed by atoms with Crippen LogP contribution in [0.25, 0.3) is 0 Å². The van der Waals surface area contributed by atoms with E-state index in [1.165, 1.54) is 36.7 Å². The predicted molar refractivity (Wildman–Crippen MR) is 274 cm³/mol. The Morgan fingerprint density at radius 3 is 1.49 bits per heavy atom. The van der Waals surface area contributed by atoms with E-state index in [0.717, 1.165) is 92.5 Å². The fourth-order valence-corrected chi connectivity index (χ4v) is 9.17. The third-order valence-corrected chi connectivity index (χ3v) is 13.2. The largest absolute Gasteiger partial charge is 0.455 e. The molecule has 76 heavy (non-hydrogen) atoms. The molecular formula is C53H74F6N10O7. The number of anilines is 2. The van der Waals surface area contributed by atoms with E-state index >= 15 is 0 Å². The summed E-state index contributed by atoms with van der Waals surface area (Å²) in [4.78, 5) is 46.6. The first kappa shape index (κ1) is 59.5. The van der Waals surface area contributed by atoms with Gasteiger partial charge in [-0.15, -0.1) is 0 Å². The SMILES string of the molecule is CC(C)(C)OC(=O)c1ccn[nH]1.COC1CCN(c2cc(C(F)(F)F)ccc2CN2CCN(C(=O)n3ccc(C(=O)OC(C)(C)C)n3)CC2)CC1.COC1CCN(c2cc(C(F)(F)F)ccc2CN2CCNCC2)CC1. The summed E-state index contributed by atoms with van der Waals surface area (Å²) in [7, 11) is 3.35. The van der Waals surface area contributed by atoms with E-state index in [9.17, 15) is 40.7 Å². The summed E-state index contributed by atoms with van der Waals surface area (Å²) in [5, 5.41) is 13.6. The topological polar surface area (TPSA) is 163 Å². The van der Waals surface area contributed by atoms with Gasteiger partial charge in [0.1, 0.15) is 16.9 Å². The molecule has 4 saturated heterocycles. The summed E-state index contributed by atoms with van der Waals surface area (Å²) in [6.07, 6.45) is -2.23. The highest BCUT2D eigenvalue weighted by atomic mass is 19.4. The molecule has 0 radical (unpaired) electrons. The molecule has 0 spiro atoms. The number of carbonyl (C=O) groups excluding carboxylic acids is 3. The van der Waals surface area contributed by atoms with Crippen LogP contribution in [-0.4, -0.2) is 169 Å². The van der Waals surface area contributed by atoms with Gasteiger partial charge in [-0.25, -0.2) is 14.4 Å². The molecule has 17 nitrogen and oxygen atoms in total. The molecule has 0 aliphatic carbocycles. The Morgan fingerprint density at radius 1 is 0.605 bits per heavy atom. The maximum absolute atomic E-state index is 13.5. The van der Waals surface area contributed by atoms with Crippen LogP contribution >= 0.6 is 0 Å². The lowest BCUT2D eigenvalue weighted by atomic mass is 10.0. The Labute approximate surface area is 441 Å². The maximum Gasteiger partial charge on any atom is 0.416 e. The van der Waals surface area contributed by atoms with E-state index in [-0.39, 0.29) is 29.9 Å². The highest BCUT2D eigenvalue weighted by Crippen LogP contribution is 2.37. The van der Waals surface area contributed by atoms with Crippen LogP contribution < -0.4 is 15.1 Å². The van der Waals surface area contributed by atoms with Gasteiger partial charge in [0.15, 0.2) is 5.69 Å². The van der Waals surface area contributed by atoms with Gasteiger partial charge in [-0.1, -0.05) is 12.1 Å². The number of hydrogen-bond donors (Lipinski definition) is 2. The third kappa shape index (κ3) is 17.6. The zero-order valence-corrected chi connectivity index (χ0v) is 44.9. The second kappa shape index (κ2) is 26.1. The number of hydrogen-bond acceptors (Lipinski definition) is 14. The number of methoxy groups -OCH3 is 2. The minimum Gasteiger partial charge on any atom is -0.455 e. The molecule has 4 fully saturated rings. The standard InChI is InChI=1S/C27H36F3N5O4.C18H26F3N3O.C8H12N2O2/c1-26(2,3)39-24(36)22-9-12-35(31-22)25(37)34-15-13-32(14-16-34)18-19-5-6-20(27(28,29)30)17-23(19)33-10-7-21(38-4)8-11-33;1-25-16-4-8-24(9-5-16)17-12-15(18(19,20)21)3-2-14(17)13-23-10-6-22-7-11-23;1-8(2,3)12-7(11)6-4-5-9-10-6/h5-6,9,12,17,21H,7-8,10-11,13-16,18H2,1-4H3;2-3,12,16,22H,4-11,13H2,1H3;4-5H,1-3H3,(H,9,10). The summed E-state index contributed by atoms with van der Waals surface area (Å²) in [6, 6.07) is 10.8. The summed E-state index contributed by atoms with van der Waals surface area (Å²) < 4.78 is 102. The van der Waals surface area contributed by atoms with Crippen molar-refractivity contribution in [1.29, 1.82) is 0 Å². The fourth-order valence-electron chi connectivity index (χ4n) is 9.17. The summed E-state index contributed by atoms with van der Waals surface area (Å²) in [5.74, 6) is -0.974. The Hall–Kier alpha value is -5.75. The highest BCUT2D eigenvalue weighted by molar-refractivity contribution is 5.88. The fraction of sp³-hybridized carbons (Fsp3) is 0.604. The Balaban J connectivity index is 0.000000214. The molecule has 0 saturated carbocycles. The van der Waals surface area contributed by atoms with Crippen molar-refractivity contribution in [1.82, 2.24) is 40.0 Å². The first-order valence-electron chi connectivity index (χ1n) is 25.7. The van der Waals surface area contributed by atoms with E-state index in [4.69, 9.17) is 18.9 Å². The average molecular weight is 1080 g/mol. The Bertz CT molecular complexity index is 2480. The van der Waals surface area contributed by atoms with Gasteiger partial charge in [-0.2, -0.15) is 41.2 Å². The van der Waals surface area contributed by atoms with Gasteiger partial charge >= 0.3 is 30.3 Å². The van der Waals surface area contributed by atoms with Crippen LogP contribution in [0.5, 0.6) is 0 Å². The van der Waals surface area contributed by atoms with Crippen molar-refractivity contribution in [3.8, 4) is 0 Å². The molecule has 2 N–H and O–H groups in total. The van der Waals surface area contributed by atoms with Crippen molar-refractivity contribution < 1.29 is 59.7 Å². The van der Waals surface area contributed by atoms with Crippen LogP contribution in [0.1, 0.15) is 110 Å². The second-order valence-corrected chi connectivity index (χ2v) is 21.2. The maximum atomic E-state index is 13.5. The molecule has 420 valence electrons. The number of esters is 2. The van der Waals surface area contributed by atoms with Crippen LogP contribution in [0.4, 0.5) is 42.5 Å². The predicted octanol–water partition coefficient (Wildman–Crippen LogP) is 8.35. The number of piperazine rings is 2. The van der Waals surface area contributed by atoms with E-state index in [1.807, 2.05) is 25.7 Å². The lowest BCUT2D eigenvalue weighted by molar-refractivity contribution is -0.138. The second-order valence-electron chi connectivity index (χ2n) is 21.2. The van der Waals surface area contributed by atoms with Crippen molar-refractivity contribution in [3.63, 3.8) is 0 Å². The first-order chi connectivity index (χ1) is 35.8. The monoisotopic (exact) mass is 1080 g/mol. The minimum atomic E-state index is -4.42. The highest BCUT2D eigenvalue weighted by Gasteiger charge is 2.35. The number of carbonyl (C=O) groups is 3. The van der Waals surface area contributed by atoms with E-state index in [2.05, 4.69) is 35.3 Å². The van der Waals surface area contributed by atoms with Crippen LogP contribution in [-0.2, 0) is 44.4 Å². The first-order valence-corrected chi connectivity index (χ1v) is 25.7. The Kier molecular flexibility index (Phi) is 20.4. The summed E-state index contributed by atoms with van der Waals surface area (Å²) in [6.45, 7) is 20.3. The molecule has 23 heteroatoms. The summed E-state index contributed by atoms with van der Waals surface area (Å²) >= 11 is 0. The third-order valence-electron chi connectivity index (χ3n) is 13.2. The van der Waals surface area contributed by atoms with Crippen molar-refractivity contribution in [2.75, 3.05) is 103 Å². The van der Waals surface area contributed by atoms with Crippen LogP contribution in [0, 0.1) is 0 Å². The van der Waals surface area contributed by atoms with Gasteiger partial charge < -0.3 is 39.0 Å². The zero-order valence-electron chi connectivity index (χ0n) is 44.9. The molecule has 0 bridgehead atoms. The van der Waals surface area contributed by atoms with Crippen molar-refractivity contribution in [3.05, 3.63) is 94.6 Å². The smallest absolute Gasteiger partial charge is 0.416 e. The normalized spacial score (nSPS) is 17.8. The lowest BCUT2D eigenvalue weighted by Crippen LogP contribution is -2.49. The van der Waals surface area contributed by atoms with Gasteiger partial charge in [0.25, 0.3) is 0 Å². The molecule has 2 aromatic carbocycles. The molecule has 4 aliphatic heterocycles. The molecule has 2 aromatic heterocycles. The van der Waals surface area contributed by atoms with Gasteiger partial charge in [-0.05, 0) is 115 Å². The minimum absolute atomic E-state index is 0.0567. The number of piperidine rings is 2. The molecule has 6 heterocycles. The number of alkyl halides is 6. The molecular weight excluding hydrogens is 1000 g/mol. The molecule has 0 atom stereocenters. The molecule has 4 aliphatic rings. The van der Waals surface area contributed by atoms with Crippen molar-refractivity contribution in [2.45, 2.75) is 116 Å². The van der Waals surface area contributed by atoms with Crippen molar-refractivity contribution >= 4 is 29.3 Å². The van der Waals surface area contributed by atoms with Gasteiger partial charge in [0.05, 0.1) is 23.3 Å². The lowest BCUT2D eigenvalue weighted by Gasteiger charge is -2.37. The number of nitrogens with zero attached hydrogens (tertiary/aromatic N) is 8. The van der Waals surface area contributed by atoms with E-state index < -0.39 is 40.7 Å². The van der Waals surface area contributed by atoms with Crippen molar-refractivity contribution in [2.24, 2.45) is 0 Å². The van der Waals surface area contributed by atoms with Crippen LogP contribution in [0.15, 0.2) is 60.9 Å². The Morgan fingerprint density at radius 2 is 1.07 bits per heavy atom. The van der Waals surface area contributed by atoms with Gasteiger partial charge in [0, 0.05) is 130 Å². The number of halogens is 6. The number of aromatic nitrogens is 4. The van der Waals surface area contributed by atoms with E-state index in [1.54, 1.807) is 58.1 Å². The molecule has 1 amide bonds. The van der Waals surface area contributed by atoms with Gasteiger partial charge in [0.2, 0.25) is 0 Å². The van der Waals surface area contributed by atoms with Crippen LogP contribution in [0.3, 0.4) is 0 Å². The number of benzene rings is 2. The number of nitrogens with one attached hydrogen (secondary N) is 2. The quantitative estimate of drug-likeness (QED) is 0.115. The number of aromatic amines is 1. The molecule has 4 aromatic rings. The average Bonchev–Trinajstić information content (AvgIpc) is 4.11.